The largest absolute Gasteiger partial charge is 0.326 e. The van der Waals surface area contributed by atoms with Crippen molar-refractivity contribution in [1.29, 1.82) is 0 Å². The molecule has 1 amide bonds. The zero-order valence-corrected chi connectivity index (χ0v) is 18.0. The summed E-state index contributed by atoms with van der Waals surface area (Å²) >= 11 is 0. The van der Waals surface area contributed by atoms with Gasteiger partial charge in [-0.2, -0.15) is 4.31 Å². The van der Waals surface area contributed by atoms with Crippen LogP contribution in [0.1, 0.15) is 29.5 Å². The third kappa shape index (κ3) is 4.52. The normalized spacial score (nSPS) is 15.7. The third-order valence-electron chi connectivity index (χ3n) is 5.35. The summed E-state index contributed by atoms with van der Waals surface area (Å²) in [6.45, 7) is 6.03. The van der Waals surface area contributed by atoms with Gasteiger partial charge in [-0.1, -0.05) is 23.8 Å². The topological polar surface area (TPSA) is 110 Å². The Hall–Kier alpha value is -2.78. The number of non-ortho nitro benzene ring substituents is 1. The quantitative estimate of drug-likeness (QED) is 0.575. The smallest absolute Gasteiger partial charge is 0.271 e. The molecule has 1 aliphatic heterocycles. The lowest BCUT2D eigenvalue weighted by molar-refractivity contribution is -0.384. The fourth-order valence-corrected chi connectivity index (χ4v) is 5.88. The van der Waals surface area contributed by atoms with Gasteiger partial charge in [-0.25, -0.2) is 8.42 Å². The van der Waals surface area contributed by atoms with Crippen LogP contribution in [0.3, 0.4) is 0 Å². The summed E-state index contributed by atoms with van der Waals surface area (Å²) in [7, 11) is -3.64. The summed E-state index contributed by atoms with van der Waals surface area (Å²) < 4.78 is 27.8. The number of nitrogens with zero attached hydrogens (tertiary/aromatic N) is 2. The second-order valence-electron chi connectivity index (χ2n) is 7.70. The van der Waals surface area contributed by atoms with Gasteiger partial charge in [0.25, 0.3) is 5.69 Å². The summed E-state index contributed by atoms with van der Waals surface area (Å²) in [6.07, 6.45) is 0.786. The number of carbonyl (C=O) groups excluding carboxylic acids is 1. The molecule has 0 saturated carbocycles. The Labute approximate surface area is 176 Å². The van der Waals surface area contributed by atoms with Crippen molar-refractivity contribution in [3.63, 3.8) is 0 Å². The first-order valence-electron chi connectivity index (χ1n) is 9.73. The lowest BCUT2D eigenvalue weighted by atomic mass is 9.97. The summed E-state index contributed by atoms with van der Waals surface area (Å²) in [6, 6.07) is 9.48. The standard InChI is InChI=1S/C21H25N3O5S/c1-14-11-15(2)20(16(3)12-14)30(28,29)23-9-7-17(8-10-23)21(25)22-18-5-4-6-19(13-18)24(26)27/h4-6,11-13,17H,7-10H2,1-3H3,(H,22,25). The molecule has 0 atom stereocenters. The number of aryl methyl sites for hydroxylation is 3. The van der Waals surface area contributed by atoms with E-state index in [1.54, 1.807) is 19.9 Å². The van der Waals surface area contributed by atoms with Crippen LogP contribution in [0.2, 0.25) is 0 Å². The zero-order chi connectivity index (χ0) is 22.1. The van der Waals surface area contributed by atoms with Gasteiger partial charge in [0, 0.05) is 36.8 Å². The summed E-state index contributed by atoms with van der Waals surface area (Å²) in [4.78, 5) is 23.3. The van der Waals surface area contributed by atoms with Crippen LogP contribution >= 0.6 is 0 Å². The molecule has 0 aliphatic carbocycles. The molecule has 2 aromatic carbocycles. The molecule has 0 unspecified atom stereocenters. The number of carbonyl (C=O) groups is 1. The van der Waals surface area contributed by atoms with E-state index in [1.807, 2.05) is 19.1 Å². The fraction of sp³-hybridized carbons (Fsp3) is 0.381. The van der Waals surface area contributed by atoms with E-state index in [1.165, 1.54) is 22.5 Å². The lowest BCUT2D eigenvalue weighted by Crippen LogP contribution is -2.41. The monoisotopic (exact) mass is 431 g/mol. The molecule has 1 fully saturated rings. The molecule has 9 heteroatoms. The van der Waals surface area contributed by atoms with Crippen LogP contribution in [0.15, 0.2) is 41.3 Å². The minimum atomic E-state index is -3.64. The van der Waals surface area contributed by atoms with Crippen LogP contribution in [-0.4, -0.2) is 36.6 Å². The Bertz CT molecular complexity index is 1070. The number of hydrogen-bond acceptors (Lipinski definition) is 5. The fourth-order valence-electron chi connectivity index (χ4n) is 4.00. The molecule has 160 valence electrons. The summed E-state index contributed by atoms with van der Waals surface area (Å²) in [5.74, 6) is -0.605. The molecule has 0 radical (unpaired) electrons. The minimum absolute atomic E-state index is 0.0995. The average molecular weight is 432 g/mol. The zero-order valence-electron chi connectivity index (χ0n) is 17.2. The molecule has 0 spiro atoms. The van der Waals surface area contributed by atoms with Crippen LogP contribution in [0, 0.1) is 36.8 Å². The lowest BCUT2D eigenvalue weighted by Gasteiger charge is -2.31. The number of sulfonamides is 1. The molecule has 0 aromatic heterocycles. The number of nitro groups is 1. The van der Waals surface area contributed by atoms with Gasteiger partial charge in [0.05, 0.1) is 9.82 Å². The Balaban J connectivity index is 1.68. The van der Waals surface area contributed by atoms with Gasteiger partial charge in [-0.3, -0.25) is 14.9 Å². The van der Waals surface area contributed by atoms with Crippen molar-refractivity contribution in [2.45, 2.75) is 38.5 Å². The minimum Gasteiger partial charge on any atom is -0.326 e. The number of piperidine rings is 1. The molecule has 1 N–H and O–H groups in total. The molecule has 1 heterocycles. The van der Waals surface area contributed by atoms with Crippen LogP contribution in [0.5, 0.6) is 0 Å². The average Bonchev–Trinajstić information content (AvgIpc) is 2.67. The van der Waals surface area contributed by atoms with Crippen molar-refractivity contribution in [2.24, 2.45) is 5.92 Å². The Morgan fingerprint density at radius 3 is 2.27 bits per heavy atom. The number of nitrogens with one attached hydrogen (secondary N) is 1. The highest BCUT2D eigenvalue weighted by molar-refractivity contribution is 7.89. The van der Waals surface area contributed by atoms with Gasteiger partial charge < -0.3 is 5.32 Å². The highest BCUT2D eigenvalue weighted by atomic mass is 32.2. The van der Waals surface area contributed by atoms with Gasteiger partial charge >= 0.3 is 0 Å². The van der Waals surface area contributed by atoms with E-state index >= 15 is 0 Å². The predicted octanol–water partition coefficient (Wildman–Crippen LogP) is 3.56. The van der Waals surface area contributed by atoms with Crippen molar-refractivity contribution in [2.75, 3.05) is 18.4 Å². The first kappa shape index (κ1) is 21.9. The van der Waals surface area contributed by atoms with E-state index < -0.39 is 14.9 Å². The van der Waals surface area contributed by atoms with Crippen molar-refractivity contribution < 1.29 is 18.1 Å². The van der Waals surface area contributed by atoms with E-state index in [0.29, 0.717) is 23.4 Å². The summed E-state index contributed by atoms with van der Waals surface area (Å²) in [5.41, 5.74) is 2.71. The number of rotatable bonds is 5. The van der Waals surface area contributed by atoms with Crippen molar-refractivity contribution in [3.05, 3.63) is 63.2 Å². The number of amides is 1. The molecule has 3 rings (SSSR count). The molecule has 1 saturated heterocycles. The molecular weight excluding hydrogens is 406 g/mol. The SMILES string of the molecule is Cc1cc(C)c(S(=O)(=O)N2CCC(C(=O)Nc3cccc([N+](=O)[O-])c3)CC2)c(C)c1. The first-order chi connectivity index (χ1) is 14.1. The van der Waals surface area contributed by atoms with E-state index in [-0.39, 0.29) is 30.6 Å². The van der Waals surface area contributed by atoms with Crippen LogP contribution < -0.4 is 5.32 Å². The van der Waals surface area contributed by atoms with E-state index in [0.717, 1.165) is 16.7 Å². The number of hydrogen-bond donors (Lipinski definition) is 1. The van der Waals surface area contributed by atoms with Crippen molar-refractivity contribution in [3.8, 4) is 0 Å². The van der Waals surface area contributed by atoms with E-state index in [2.05, 4.69) is 5.32 Å². The second kappa shape index (κ2) is 8.53. The highest BCUT2D eigenvalue weighted by Crippen LogP contribution is 2.29. The van der Waals surface area contributed by atoms with Gasteiger partial charge in [0.15, 0.2) is 0 Å². The maximum Gasteiger partial charge on any atom is 0.271 e. The van der Waals surface area contributed by atoms with Crippen LogP contribution in [0.25, 0.3) is 0 Å². The second-order valence-corrected chi connectivity index (χ2v) is 9.58. The van der Waals surface area contributed by atoms with Crippen LogP contribution in [-0.2, 0) is 14.8 Å². The first-order valence-corrected chi connectivity index (χ1v) is 11.2. The molecular formula is C21H25N3O5S. The molecule has 2 aromatic rings. The van der Waals surface area contributed by atoms with Gasteiger partial charge in [0.1, 0.15) is 0 Å². The van der Waals surface area contributed by atoms with Gasteiger partial charge in [-0.05, 0) is 50.8 Å². The third-order valence-corrected chi connectivity index (χ3v) is 7.56. The Kier molecular flexibility index (Phi) is 6.23. The Morgan fingerprint density at radius 2 is 1.70 bits per heavy atom. The molecule has 0 bridgehead atoms. The highest BCUT2D eigenvalue weighted by Gasteiger charge is 2.33. The predicted molar refractivity (Wildman–Crippen MR) is 114 cm³/mol. The maximum absolute atomic E-state index is 13.2. The van der Waals surface area contributed by atoms with Gasteiger partial charge in [0.2, 0.25) is 15.9 Å². The van der Waals surface area contributed by atoms with E-state index in [4.69, 9.17) is 0 Å². The van der Waals surface area contributed by atoms with Crippen molar-refractivity contribution >= 4 is 27.3 Å². The molecule has 1 aliphatic rings. The summed E-state index contributed by atoms with van der Waals surface area (Å²) in [5, 5.41) is 13.6. The van der Waals surface area contributed by atoms with Crippen molar-refractivity contribution in [1.82, 2.24) is 4.31 Å². The molecule has 8 nitrogen and oxygen atoms in total. The number of benzene rings is 2. The van der Waals surface area contributed by atoms with E-state index in [9.17, 15) is 23.3 Å². The van der Waals surface area contributed by atoms with Crippen LogP contribution in [0.4, 0.5) is 11.4 Å². The molecule has 30 heavy (non-hydrogen) atoms. The number of anilines is 1. The maximum atomic E-state index is 13.2. The number of nitro benzene ring substituents is 1. The Morgan fingerprint density at radius 1 is 1.10 bits per heavy atom. The van der Waals surface area contributed by atoms with Gasteiger partial charge in [-0.15, -0.1) is 0 Å².